The molecule has 0 radical (unpaired) electrons. The lowest BCUT2D eigenvalue weighted by molar-refractivity contribution is -0.108. The molecule has 0 aromatic heterocycles. The van der Waals surface area contributed by atoms with Gasteiger partial charge in [-0.25, -0.2) is 0 Å². The summed E-state index contributed by atoms with van der Waals surface area (Å²) in [5.41, 5.74) is 0. The maximum absolute atomic E-state index is 9.82. The highest BCUT2D eigenvalue weighted by Gasteiger charge is 2.06. The Balaban J connectivity index is 3.26. The van der Waals surface area contributed by atoms with Gasteiger partial charge in [0.05, 0.1) is 6.10 Å². The molecule has 0 rings (SSSR count). The molecule has 0 aliphatic rings. The van der Waals surface area contributed by atoms with E-state index in [4.69, 9.17) is 5.11 Å². The first-order chi connectivity index (χ1) is 4.18. The second-order valence-electron chi connectivity index (χ2n) is 2.56. The van der Waals surface area contributed by atoms with Crippen molar-refractivity contribution in [3.05, 3.63) is 0 Å². The van der Waals surface area contributed by atoms with Crippen LogP contribution < -0.4 is 0 Å². The minimum atomic E-state index is -0.310. The van der Waals surface area contributed by atoms with Gasteiger partial charge in [-0.15, -0.1) is 0 Å². The number of hydrogen-bond donors (Lipinski definition) is 1. The number of rotatable bonds is 4. The fourth-order valence-corrected chi connectivity index (χ4v) is 0.572. The minimum Gasteiger partial charge on any atom is -0.393 e. The summed E-state index contributed by atoms with van der Waals surface area (Å²) in [5, 5.41) is 9.10. The van der Waals surface area contributed by atoms with Gasteiger partial charge in [-0.2, -0.15) is 0 Å². The number of aliphatic hydroxyl groups excluding tert-OH is 1. The van der Waals surface area contributed by atoms with Crippen LogP contribution in [0.25, 0.3) is 0 Å². The van der Waals surface area contributed by atoms with Crippen LogP contribution in [-0.4, -0.2) is 17.5 Å². The molecule has 1 unspecified atom stereocenters. The van der Waals surface area contributed by atoms with Crippen molar-refractivity contribution in [3.8, 4) is 0 Å². The minimum absolute atomic E-state index is 0.268. The van der Waals surface area contributed by atoms with Crippen LogP contribution in [0.4, 0.5) is 0 Å². The molecule has 0 aromatic rings. The Kier molecular flexibility index (Phi) is 4.32. The van der Waals surface area contributed by atoms with Crippen LogP contribution in [-0.2, 0) is 4.79 Å². The highest BCUT2D eigenvalue weighted by Crippen LogP contribution is 2.05. The standard InChI is InChI=1S/C7H14O2/c1-6(2)7(9)4-3-5-8/h5-7,9H,3-4H2,1-2H3. The van der Waals surface area contributed by atoms with Gasteiger partial charge < -0.3 is 9.90 Å². The summed E-state index contributed by atoms with van der Waals surface area (Å²) in [6.07, 6.45) is 1.60. The molecular formula is C7H14O2. The lowest BCUT2D eigenvalue weighted by atomic mass is 10.0. The molecule has 0 aliphatic heterocycles. The number of aldehydes is 1. The van der Waals surface area contributed by atoms with E-state index in [2.05, 4.69) is 0 Å². The molecule has 2 heteroatoms. The maximum atomic E-state index is 9.82. The summed E-state index contributed by atoms with van der Waals surface area (Å²) in [4.78, 5) is 9.82. The van der Waals surface area contributed by atoms with Gasteiger partial charge in [0.25, 0.3) is 0 Å². The van der Waals surface area contributed by atoms with E-state index in [0.717, 1.165) is 6.29 Å². The number of carbonyl (C=O) groups excluding carboxylic acids is 1. The summed E-state index contributed by atoms with van der Waals surface area (Å²) in [6.45, 7) is 3.88. The summed E-state index contributed by atoms with van der Waals surface area (Å²) in [7, 11) is 0. The van der Waals surface area contributed by atoms with Crippen molar-refractivity contribution in [3.63, 3.8) is 0 Å². The molecule has 0 spiro atoms. The van der Waals surface area contributed by atoms with Gasteiger partial charge in [0, 0.05) is 6.42 Å². The zero-order valence-corrected chi connectivity index (χ0v) is 6.00. The summed E-state index contributed by atoms with van der Waals surface area (Å²) in [6, 6.07) is 0. The molecule has 0 saturated carbocycles. The Labute approximate surface area is 55.9 Å². The van der Waals surface area contributed by atoms with E-state index in [-0.39, 0.29) is 12.0 Å². The summed E-state index contributed by atoms with van der Waals surface area (Å²) >= 11 is 0. The molecule has 2 nitrogen and oxygen atoms in total. The van der Waals surface area contributed by atoms with E-state index < -0.39 is 0 Å². The lowest BCUT2D eigenvalue weighted by Crippen LogP contribution is -2.14. The van der Waals surface area contributed by atoms with Gasteiger partial charge in [0.15, 0.2) is 0 Å². The summed E-state index contributed by atoms with van der Waals surface area (Å²) < 4.78 is 0. The molecule has 0 amide bonds. The van der Waals surface area contributed by atoms with Crippen LogP contribution in [0.3, 0.4) is 0 Å². The number of aliphatic hydroxyl groups is 1. The fraction of sp³-hybridized carbons (Fsp3) is 0.857. The van der Waals surface area contributed by atoms with E-state index >= 15 is 0 Å². The summed E-state index contributed by atoms with van der Waals surface area (Å²) in [5.74, 6) is 0.268. The van der Waals surface area contributed by atoms with Gasteiger partial charge in [-0.3, -0.25) is 0 Å². The van der Waals surface area contributed by atoms with Crippen molar-refractivity contribution in [2.75, 3.05) is 0 Å². The molecule has 54 valence electrons. The Morgan fingerprint density at radius 2 is 2.11 bits per heavy atom. The SMILES string of the molecule is CC(C)C(O)CCC=O. The second kappa shape index (κ2) is 4.50. The molecule has 1 atom stereocenters. The molecular weight excluding hydrogens is 116 g/mol. The first-order valence-electron chi connectivity index (χ1n) is 3.30. The predicted octanol–water partition coefficient (Wildman–Crippen LogP) is 0.982. The van der Waals surface area contributed by atoms with Crippen LogP contribution in [0.2, 0.25) is 0 Å². The van der Waals surface area contributed by atoms with Crippen molar-refractivity contribution in [2.24, 2.45) is 5.92 Å². The third-order valence-electron chi connectivity index (χ3n) is 1.35. The van der Waals surface area contributed by atoms with E-state index in [9.17, 15) is 4.79 Å². The molecule has 1 N–H and O–H groups in total. The molecule has 0 fully saturated rings. The van der Waals surface area contributed by atoms with Gasteiger partial charge in [-0.05, 0) is 12.3 Å². The van der Waals surface area contributed by atoms with Crippen molar-refractivity contribution in [2.45, 2.75) is 32.8 Å². The van der Waals surface area contributed by atoms with Crippen molar-refractivity contribution in [1.82, 2.24) is 0 Å². The van der Waals surface area contributed by atoms with Gasteiger partial charge >= 0.3 is 0 Å². The zero-order valence-electron chi connectivity index (χ0n) is 6.00. The Morgan fingerprint density at radius 3 is 2.44 bits per heavy atom. The smallest absolute Gasteiger partial charge is 0.120 e. The van der Waals surface area contributed by atoms with Gasteiger partial charge in [0.1, 0.15) is 6.29 Å². The highest BCUT2D eigenvalue weighted by molar-refractivity contribution is 5.49. The van der Waals surface area contributed by atoms with E-state index in [1.165, 1.54) is 0 Å². The van der Waals surface area contributed by atoms with Gasteiger partial charge in [0.2, 0.25) is 0 Å². The van der Waals surface area contributed by atoms with Crippen LogP contribution in [0, 0.1) is 5.92 Å². The van der Waals surface area contributed by atoms with Crippen molar-refractivity contribution < 1.29 is 9.90 Å². The largest absolute Gasteiger partial charge is 0.393 e. The average Bonchev–Trinajstić information content (AvgIpc) is 1.82. The molecule has 0 aliphatic carbocycles. The van der Waals surface area contributed by atoms with E-state index in [0.29, 0.717) is 12.8 Å². The number of hydrogen-bond acceptors (Lipinski definition) is 2. The zero-order chi connectivity index (χ0) is 7.28. The average molecular weight is 130 g/mol. The van der Waals surface area contributed by atoms with Crippen LogP contribution in [0.1, 0.15) is 26.7 Å². The highest BCUT2D eigenvalue weighted by atomic mass is 16.3. The van der Waals surface area contributed by atoms with Crippen molar-refractivity contribution >= 4 is 6.29 Å². The second-order valence-corrected chi connectivity index (χ2v) is 2.56. The van der Waals surface area contributed by atoms with Crippen molar-refractivity contribution in [1.29, 1.82) is 0 Å². The van der Waals surface area contributed by atoms with E-state index in [1.54, 1.807) is 0 Å². The Hall–Kier alpha value is -0.370. The molecule has 0 bridgehead atoms. The third kappa shape index (κ3) is 4.15. The van der Waals surface area contributed by atoms with Crippen LogP contribution in [0.5, 0.6) is 0 Å². The molecule has 0 aromatic carbocycles. The Bertz CT molecular complexity index is 79.0. The number of carbonyl (C=O) groups is 1. The maximum Gasteiger partial charge on any atom is 0.120 e. The predicted molar refractivity (Wildman–Crippen MR) is 36.1 cm³/mol. The van der Waals surface area contributed by atoms with Crippen LogP contribution >= 0.6 is 0 Å². The molecule has 9 heavy (non-hydrogen) atoms. The topological polar surface area (TPSA) is 37.3 Å². The first-order valence-corrected chi connectivity index (χ1v) is 3.30. The first kappa shape index (κ1) is 8.63. The van der Waals surface area contributed by atoms with Crippen LogP contribution in [0.15, 0.2) is 0 Å². The van der Waals surface area contributed by atoms with Gasteiger partial charge in [-0.1, -0.05) is 13.8 Å². The fourth-order valence-electron chi connectivity index (χ4n) is 0.572. The quantitative estimate of drug-likeness (QED) is 0.576. The lowest BCUT2D eigenvalue weighted by Gasteiger charge is -2.11. The third-order valence-corrected chi connectivity index (χ3v) is 1.35. The normalized spacial score (nSPS) is 13.8. The monoisotopic (exact) mass is 130 g/mol. The Morgan fingerprint density at radius 1 is 1.56 bits per heavy atom. The van der Waals surface area contributed by atoms with E-state index in [1.807, 2.05) is 13.8 Å². The molecule has 0 heterocycles. The molecule has 0 saturated heterocycles.